The molecule has 5 heteroatoms. The zero-order chi connectivity index (χ0) is 39.4. The minimum Gasteiger partial charge on any atom is -0.255 e. The quantitative estimate of drug-likeness (QED) is 0.145. The van der Waals surface area contributed by atoms with Gasteiger partial charge in [0.05, 0.1) is 44.3 Å². The Morgan fingerprint density at radius 3 is 1.39 bits per heavy atom. The maximum atomic E-state index is 5.03. The van der Waals surface area contributed by atoms with Crippen LogP contribution in [0, 0.1) is 0 Å². The topological polar surface area (TPSA) is 38.7 Å². The van der Waals surface area contributed by atoms with Gasteiger partial charge < -0.3 is 0 Å². The van der Waals surface area contributed by atoms with Crippen LogP contribution in [0.1, 0.15) is 22.3 Å². The lowest BCUT2D eigenvalue weighted by molar-refractivity contribution is 0.769. The molecule has 0 N–H and O–H groups in total. The van der Waals surface area contributed by atoms with Crippen LogP contribution in [-0.4, -0.2) is 31.1 Å². The van der Waals surface area contributed by atoms with Crippen molar-refractivity contribution >= 4 is 26.5 Å². The SMILES string of the molecule is C[Si](C)(C)c1ccc(C2(c3ccc([Si](C)(C)C)cc3)c3ccccc3-c3ccc(-c4cccc(-c5cc(-c6ccccn6)nc(-c6ccccn6)c5)c4)cc32)cc1. The summed E-state index contributed by atoms with van der Waals surface area (Å²) in [6, 6.07) is 60.6. The first-order valence-electron chi connectivity index (χ1n) is 19.9. The molecule has 0 saturated carbocycles. The second-order valence-electron chi connectivity index (χ2n) is 17.3. The van der Waals surface area contributed by atoms with E-state index < -0.39 is 21.6 Å². The van der Waals surface area contributed by atoms with E-state index in [1.807, 2.05) is 48.8 Å². The predicted molar refractivity (Wildman–Crippen MR) is 245 cm³/mol. The summed E-state index contributed by atoms with van der Waals surface area (Å²) in [6.45, 7) is 14.6. The van der Waals surface area contributed by atoms with Crippen molar-refractivity contribution in [1.82, 2.24) is 15.0 Å². The van der Waals surface area contributed by atoms with Gasteiger partial charge in [0.25, 0.3) is 0 Å². The van der Waals surface area contributed by atoms with Gasteiger partial charge >= 0.3 is 0 Å². The van der Waals surface area contributed by atoms with Gasteiger partial charge in [0.1, 0.15) is 0 Å². The summed E-state index contributed by atoms with van der Waals surface area (Å²) in [5.41, 5.74) is 15.2. The Morgan fingerprint density at radius 2 is 0.860 bits per heavy atom. The van der Waals surface area contributed by atoms with E-state index >= 15 is 0 Å². The first-order chi connectivity index (χ1) is 27.5. The molecule has 278 valence electrons. The minimum absolute atomic E-state index is 0.476. The summed E-state index contributed by atoms with van der Waals surface area (Å²) in [7, 11) is -3.02. The van der Waals surface area contributed by atoms with Crippen LogP contribution in [0.2, 0.25) is 39.3 Å². The van der Waals surface area contributed by atoms with Gasteiger partial charge in [-0.05, 0) is 104 Å². The number of fused-ring (bicyclic) bond motifs is 3. The number of nitrogens with zero attached hydrogens (tertiary/aromatic N) is 3. The van der Waals surface area contributed by atoms with E-state index in [0.717, 1.165) is 33.9 Å². The molecule has 3 heterocycles. The fraction of sp³-hybridized carbons (Fsp3) is 0.135. The van der Waals surface area contributed by atoms with E-state index in [1.54, 1.807) is 0 Å². The average molecular weight is 770 g/mol. The second-order valence-corrected chi connectivity index (χ2v) is 27.5. The zero-order valence-corrected chi connectivity index (χ0v) is 35.6. The Hall–Kier alpha value is -6.02. The Kier molecular flexibility index (Phi) is 9.10. The maximum absolute atomic E-state index is 5.03. The Balaban J connectivity index is 1.23. The van der Waals surface area contributed by atoms with Gasteiger partial charge in [0.2, 0.25) is 0 Å². The van der Waals surface area contributed by atoms with Gasteiger partial charge in [0.15, 0.2) is 0 Å². The fourth-order valence-electron chi connectivity index (χ4n) is 8.55. The van der Waals surface area contributed by atoms with Crippen LogP contribution < -0.4 is 10.4 Å². The van der Waals surface area contributed by atoms with E-state index in [9.17, 15) is 0 Å². The van der Waals surface area contributed by atoms with Crippen molar-refractivity contribution in [3.8, 4) is 56.2 Å². The highest BCUT2D eigenvalue weighted by Gasteiger charge is 2.46. The minimum atomic E-state index is -1.51. The standard InChI is InChI=1S/C52H47N3Si2/c1-56(2,3)42-25-21-40(22-26-42)52(41-23-27-43(28-24-41)57(4,5)6)46-17-8-7-16-44(46)45-29-20-38(33-47(45)52)36-14-13-15-37(32-36)39-34-50(48-18-9-11-30-53-48)55-51(35-39)49-19-10-12-31-54-49/h7-35H,1-6H3. The van der Waals surface area contributed by atoms with E-state index in [0.29, 0.717) is 0 Å². The third-order valence-electron chi connectivity index (χ3n) is 11.6. The highest BCUT2D eigenvalue weighted by molar-refractivity contribution is 6.89. The number of aromatic nitrogens is 3. The molecule has 0 bridgehead atoms. The van der Waals surface area contributed by atoms with E-state index in [-0.39, 0.29) is 0 Å². The molecule has 57 heavy (non-hydrogen) atoms. The highest BCUT2D eigenvalue weighted by atomic mass is 28.3. The molecule has 1 aliphatic rings. The number of benzene rings is 5. The van der Waals surface area contributed by atoms with Crippen molar-refractivity contribution in [2.24, 2.45) is 0 Å². The van der Waals surface area contributed by atoms with Gasteiger partial charge in [-0.2, -0.15) is 0 Å². The van der Waals surface area contributed by atoms with Crippen LogP contribution >= 0.6 is 0 Å². The van der Waals surface area contributed by atoms with Crippen molar-refractivity contribution in [3.63, 3.8) is 0 Å². The molecule has 8 aromatic rings. The Labute approximate surface area is 339 Å². The number of hydrogen-bond donors (Lipinski definition) is 0. The average Bonchev–Trinajstić information content (AvgIpc) is 3.54. The van der Waals surface area contributed by atoms with Crippen LogP contribution in [-0.2, 0) is 5.41 Å². The maximum Gasteiger partial charge on any atom is 0.0900 e. The molecule has 3 nitrogen and oxygen atoms in total. The molecule has 9 rings (SSSR count). The Bertz CT molecular complexity index is 2610. The second kappa shape index (κ2) is 14.2. The number of rotatable bonds is 8. The lowest BCUT2D eigenvalue weighted by atomic mass is 9.67. The molecule has 0 aliphatic heterocycles. The third-order valence-corrected chi connectivity index (χ3v) is 15.8. The summed E-state index contributed by atoms with van der Waals surface area (Å²) in [5, 5.41) is 2.95. The number of pyridine rings is 3. The molecule has 5 aromatic carbocycles. The Morgan fingerprint density at radius 1 is 0.368 bits per heavy atom. The first-order valence-corrected chi connectivity index (χ1v) is 26.9. The largest absolute Gasteiger partial charge is 0.255 e. The van der Waals surface area contributed by atoms with Crippen molar-refractivity contribution in [1.29, 1.82) is 0 Å². The highest BCUT2D eigenvalue weighted by Crippen LogP contribution is 2.56. The summed E-state index contributed by atoms with van der Waals surface area (Å²) in [4.78, 5) is 14.3. The number of hydrogen-bond acceptors (Lipinski definition) is 3. The van der Waals surface area contributed by atoms with Crippen molar-refractivity contribution in [2.45, 2.75) is 44.7 Å². The van der Waals surface area contributed by atoms with Crippen molar-refractivity contribution in [3.05, 3.63) is 198 Å². The van der Waals surface area contributed by atoms with Crippen molar-refractivity contribution < 1.29 is 0 Å². The van der Waals surface area contributed by atoms with Gasteiger partial charge in [-0.15, -0.1) is 0 Å². The molecule has 0 saturated heterocycles. The van der Waals surface area contributed by atoms with Crippen LogP contribution in [0.3, 0.4) is 0 Å². The van der Waals surface area contributed by atoms with Gasteiger partial charge in [-0.1, -0.05) is 165 Å². The lowest BCUT2D eigenvalue weighted by Crippen LogP contribution is -2.39. The van der Waals surface area contributed by atoms with E-state index in [4.69, 9.17) is 4.98 Å². The normalized spacial score (nSPS) is 13.2. The van der Waals surface area contributed by atoms with Crippen LogP contribution in [0.5, 0.6) is 0 Å². The van der Waals surface area contributed by atoms with E-state index in [1.165, 1.54) is 54.9 Å². The molecule has 0 spiro atoms. The van der Waals surface area contributed by atoms with Gasteiger partial charge in [-0.3, -0.25) is 9.97 Å². The predicted octanol–water partition coefficient (Wildman–Crippen LogP) is 12.0. The molecule has 0 amide bonds. The molecular formula is C52H47N3Si2. The van der Waals surface area contributed by atoms with Crippen LogP contribution in [0.15, 0.2) is 176 Å². The third kappa shape index (κ3) is 6.61. The van der Waals surface area contributed by atoms with Crippen molar-refractivity contribution in [2.75, 3.05) is 0 Å². The van der Waals surface area contributed by atoms with Gasteiger partial charge in [-0.25, -0.2) is 4.98 Å². The molecule has 3 aromatic heterocycles. The van der Waals surface area contributed by atoms with E-state index in [2.05, 4.69) is 177 Å². The molecule has 0 radical (unpaired) electrons. The summed E-state index contributed by atoms with van der Waals surface area (Å²) >= 11 is 0. The molecular weight excluding hydrogens is 723 g/mol. The lowest BCUT2D eigenvalue weighted by Gasteiger charge is -2.35. The fourth-order valence-corrected chi connectivity index (χ4v) is 10.9. The summed E-state index contributed by atoms with van der Waals surface area (Å²) in [6.07, 6.45) is 3.64. The van der Waals surface area contributed by atoms with Gasteiger partial charge in [0, 0.05) is 12.4 Å². The molecule has 1 aliphatic carbocycles. The molecule has 0 unspecified atom stereocenters. The summed E-state index contributed by atoms with van der Waals surface area (Å²) in [5.74, 6) is 0. The van der Waals surface area contributed by atoms with Crippen LogP contribution in [0.4, 0.5) is 0 Å². The summed E-state index contributed by atoms with van der Waals surface area (Å²) < 4.78 is 0. The molecule has 0 atom stereocenters. The zero-order valence-electron chi connectivity index (χ0n) is 33.6. The molecule has 0 fully saturated rings. The van der Waals surface area contributed by atoms with Crippen LogP contribution in [0.25, 0.3) is 56.2 Å². The first kappa shape index (κ1) is 36.6. The smallest absolute Gasteiger partial charge is 0.0900 e. The monoisotopic (exact) mass is 769 g/mol.